The molecule has 0 spiro atoms. The van der Waals surface area contributed by atoms with Gasteiger partial charge in [-0.1, -0.05) is 12.1 Å². The Labute approximate surface area is 126 Å². The number of carbonyl (C=O) groups excluding carboxylic acids is 1. The van der Waals surface area contributed by atoms with Gasteiger partial charge in [0, 0.05) is 6.61 Å². The van der Waals surface area contributed by atoms with Crippen molar-refractivity contribution in [1.82, 2.24) is 5.32 Å². The molecule has 1 fully saturated rings. The van der Waals surface area contributed by atoms with E-state index in [4.69, 9.17) is 4.74 Å². The van der Waals surface area contributed by atoms with Crippen molar-refractivity contribution in [2.24, 2.45) is 0 Å². The number of nitrogens with one attached hydrogen (secondary N) is 1. The average Bonchev–Trinajstić information content (AvgIpc) is 3.00. The second kappa shape index (κ2) is 6.26. The van der Waals surface area contributed by atoms with Crippen LogP contribution in [-0.4, -0.2) is 30.3 Å². The maximum Gasteiger partial charge on any atom is 0.416 e. The van der Waals surface area contributed by atoms with Gasteiger partial charge in [-0.2, -0.15) is 13.2 Å². The summed E-state index contributed by atoms with van der Waals surface area (Å²) in [7, 11) is 0. The Morgan fingerprint density at radius 3 is 2.64 bits per heavy atom. The zero-order valence-electron chi connectivity index (χ0n) is 12.1. The molecule has 1 aromatic carbocycles. The van der Waals surface area contributed by atoms with E-state index in [0.29, 0.717) is 13.0 Å². The van der Waals surface area contributed by atoms with Crippen molar-refractivity contribution in [3.63, 3.8) is 0 Å². The molecule has 122 valence electrons. The third kappa shape index (κ3) is 3.59. The SMILES string of the molecule is CC(CO)(NC(=O)C1CCCO1)c1cccc(C(F)(F)F)c1. The molecule has 1 aromatic rings. The van der Waals surface area contributed by atoms with Crippen LogP contribution in [0.25, 0.3) is 0 Å². The van der Waals surface area contributed by atoms with E-state index in [9.17, 15) is 23.1 Å². The third-order valence-corrected chi connectivity index (χ3v) is 3.76. The van der Waals surface area contributed by atoms with E-state index in [2.05, 4.69) is 5.32 Å². The summed E-state index contributed by atoms with van der Waals surface area (Å²) >= 11 is 0. The summed E-state index contributed by atoms with van der Waals surface area (Å²) in [5, 5.41) is 12.2. The highest BCUT2D eigenvalue weighted by molar-refractivity contribution is 5.82. The van der Waals surface area contributed by atoms with Gasteiger partial charge in [0.25, 0.3) is 0 Å². The van der Waals surface area contributed by atoms with Crippen LogP contribution in [-0.2, 0) is 21.2 Å². The molecule has 0 saturated carbocycles. The highest BCUT2D eigenvalue weighted by Gasteiger charge is 2.35. The maximum absolute atomic E-state index is 12.8. The van der Waals surface area contributed by atoms with Gasteiger partial charge in [0.1, 0.15) is 6.10 Å². The van der Waals surface area contributed by atoms with Crippen molar-refractivity contribution in [1.29, 1.82) is 0 Å². The van der Waals surface area contributed by atoms with Gasteiger partial charge < -0.3 is 15.2 Å². The number of hydrogen-bond acceptors (Lipinski definition) is 3. The molecule has 2 rings (SSSR count). The summed E-state index contributed by atoms with van der Waals surface area (Å²) in [6.07, 6.45) is -3.77. The predicted octanol–water partition coefficient (Wildman–Crippen LogP) is 2.21. The van der Waals surface area contributed by atoms with Crippen molar-refractivity contribution in [3.05, 3.63) is 35.4 Å². The molecule has 2 unspecified atom stereocenters. The largest absolute Gasteiger partial charge is 0.416 e. The standard InChI is InChI=1S/C15H18F3NO3/c1-14(9-20,19-13(21)12-6-3-7-22-12)10-4-2-5-11(8-10)15(16,17)18/h2,4-5,8,12,20H,3,6-7,9H2,1H3,(H,19,21). The van der Waals surface area contributed by atoms with E-state index in [1.54, 1.807) is 0 Å². The van der Waals surface area contributed by atoms with E-state index in [1.165, 1.54) is 19.1 Å². The first-order valence-electron chi connectivity index (χ1n) is 6.98. The fourth-order valence-electron chi connectivity index (χ4n) is 2.38. The van der Waals surface area contributed by atoms with E-state index >= 15 is 0 Å². The molecule has 0 aliphatic carbocycles. The minimum Gasteiger partial charge on any atom is -0.394 e. The second-order valence-electron chi connectivity index (χ2n) is 5.56. The molecule has 1 aliphatic heterocycles. The van der Waals surface area contributed by atoms with Crippen molar-refractivity contribution < 1.29 is 27.8 Å². The summed E-state index contributed by atoms with van der Waals surface area (Å²) in [5.74, 6) is -0.425. The fraction of sp³-hybridized carbons (Fsp3) is 0.533. The molecule has 0 radical (unpaired) electrons. The van der Waals surface area contributed by atoms with Crippen molar-refractivity contribution >= 4 is 5.91 Å². The van der Waals surface area contributed by atoms with Crippen LogP contribution in [0.15, 0.2) is 24.3 Å². The van der Waals surface area contributed by atoms with Crippen LogP contribution in [0.4, 0.5) is 13.2 Å². The van der Waals surface area contributed by atoms with Crippen LogP contribution >= 0.6 is 0 Å². The highest BCUT2D eigenvalue weighted by Crippen LogP contribution is 2.32. The molecule has 0 aromatic heterocycles. The minimum absolute atomic E-state index is 0.191. The Hall–Kier alpha value is -1.60. The van der Waals surface area contributed by atoms with E-state index in [1.807, 2.05) is 0 Å². The molecule has 0 bridgehead atoms. The van der Waals surface area contributed by atoms with Crippen molar-refractivity contribution in [2.75, 3.05) is 13.2 Å². The highest BCUT2D eigenvalue weighted by atomic mass is 19.4. The zero-order valence-corrected chi connectivity index (χ0v) is 12.1. The normalized spacial score (nSPS) is 21.4. The van der Waals surface area contributed by atoms with Gasteiger partial charge in [0.2, 0.25) is 5.91 Å². The van der Waals surface area contributed by atoms with Gasteiger partial charge in [-0.05, 0) is 37.5 Å². The van der Waals surface area contributed by atoms with Crippen LogP contribution in [0.1, 0.15) is 30.9 Å². The van der Waals surface area contributed by atoms with Crippen LogP contribution in [0, 0.1) is 0 Å². The van der Waals surface area contributed by atoms with Crippen LogP contribution < -0.4 is 5.32 Å². The van der Waals surface area contributed by atoms with Crippen molar-refractivity contribution in [3.8, 4) is 0 Å². The molecule has 2 N–H and O–H groups in total. The Bertz CT molecular complexity index is 541. The molecule has 1 aliphatic rings. The van der Waals surface area contributed by atoms with Gasteiger partial charge in [-0.3, -0.25) is 4.79 Å². The molecule has 4 nitrogen and oxygen atoms in total. The number of carbonyl (C=O) groups is 1. The lowest BCUT2D eigenvalue weighted by Gasteiger charge is -2.31. The number of aliphatic hydroxyl groups excluding tert-OH is 1. The summed E-state index contributed by atoms with van der Waals surface area (Å²) in [5.41, 5.74) is -1.93. The number of alkyl halides is 3. The van der Waals surface area contributed by atoms with Gasteiger partial charge in [0.05, 0.1) is 17.7 Å². The second-order valence-corrected chi connectivity index (χ2v) is 5.56. The lowest BCUT2D eigenvalue weighted by Crippen LogP contribution is -2.50. The number of ether oxygens (including phenoxy) is 1. The van der Waals surface area contributed by atoms with Crippen LogP contribution in [0.2, 0.25) is 0 Å². The first kappa shape index (κ1) is 16.8. The Kier molecular flexibility index (Phi) is 4.77. The third-order valence-electron chi connectivity index (χ3n) is 3.76. The van der Waals surface area contributed by atoms with E-state index in [0.717, 1.165) is 18.6 Å². The quantitative estimate of drug-likeness (QED) is 0.895. The Morgan fingerprint density at radius 2 is 2.09 bits per heavy atom. The predicted molar refractivity (Wildman–Crippen MR) is 73.0 cm³/mol. The minimum atomic E-state index is -4.48. The first-order chi connectivity index (χ1) is 10.3. The Morgan fingerprint density at radius 1 is 1.41 bits per heavy atom. The number of rotatable bonds is 4. The zero-order chi connectivity index (χ0) is 16.4. The summed E-state index contributed by atoms with van der Waals surface area (Å²) < 4.78 is 43.6. The summed E-state index contributed by atoms with van der Waals surface area (Å²) in [6, 6.07) is 4.58. The number of amides is 1. The maximum atomic E-state index is 12.8. The molecular weight excluding hydrogens is 299 g/mol. The average molecular weight is 317 g/mol. The topological polar surface area (TPSA) is 58.6 Å². The molecule has 1 amide bonds. The molecule has 7 heteroatoms. The summed E-state index contributed by atoms with van der Waals surface area (Å²) in [6.45, 7) is 1.44. The monoisotopic (exact) mass is 317 g/mol. The summed E-state index contributed by atoms with van der Waals surface area (Å²) in [4.78, 5) is 12.1. The smallest absolute Gasteiger partial charge is 0.394 e. The number of benzene rings is 1. The van der Waals surface area contributed by atoms with Gasteiger partial charge >= 0.3 is 6.18 Å². The van der Waals surface area contributed by atoms with E-state index in [-0.39, 0.29) is 5.56 Å². The molecule has 2 atom stereocenters. The van der Waals surface area contributed by atoms with Gasteiger partial charge in [-0.25, -0.2) is 0 Å². The van der Waals surface area contributed by atoms with Crippen LogP contribution in [0.3, 0.4) is 0 Å². The lowest BCUT2D eigenvalue weighted by atomic mass is 9.91. The first-order valence-corrected chi connectivity index (χ1v) is 6.98. The van der Waals surface area contributed by atoms with E-state index < -0.39 is 35.9 Å². The Balaban J connectivity index is 2.23. The fourth-order valence-corrected chi connectivity index (χ4v) is 2.38. The molecule has 1 heterocycles. The lowest BCUT2D eigenvalue weighted by molar-refractivity contribution is -0.137. The molecular formula is C15H18F3NO3. The number of halogens is 3. The number of hydrogen-bond donors (Lipinski definition) is 2. The van der Waals surface area contributed by atoms with Crippen LogP contribution in [0.5, 0.6) is 0 Å². The molecule has 1 saturated heterocycles. The van der Waals surface area contributed by atoms with Gasteiger partial charge in [0.15, 0.2) is 0 Å². The van der Waals surface area contributed by atoms with Gasteiger partial charge in [-0.15, -0.1) is 0 Å². The van der Waals surface area contributed by atoms with Crippen molar-refractivity contribution in [2.45, 2.75) is 37.6 Å². The number of aliphatic hydroxyl groups is 1. The molecule has 22 heavy (non-hydrogen) atoms.